The van der Waals surface area contributed by atoms with Crippen molar-refractivity contribution < 1.29 is 9.53 Å². The highest BCUT2D eigenvalue weighted by atomic mass is 79.9. The van der Waals surface area contributed by atoms with Crippen LogP contribution in [-0.4, -0.2) is 5.78 Å². The summed E-state index contributed by atoms with van der Waals surface area (Å²) in [4.78, 5) is 13.3. The Morgan fingerprint density at radius 1 is 1.28 bits per heavy atom. The number of ketones is 1. The lowest BCUT2D eigenvalue weighted by molar-refractivity contribution is 0.0993. The first-order valence-corrected chi connectivity index (χ1v) is 7.35. The Morgan fingerprint density at radius 2 is 2.11 bits per heavy atom. The van der Waals surface area contributed by atoms with Crippen molar-refractivity contribution in [3.8, 4) is 0 Å². The zero-order valence-corrected chi connectivity index (χ0v) is 12.0. The van der Waals surface area contributed by atoms with Gasteiger partial charge in [-0.2, -0.15) is 0 Å². The zero-order valence-electron chi connectivity index (χ0n) is 9.61. The van der Waals surface area contributed by atoms with Gasteiger partial charge in [-0.3, -0.25) is 4.79 Å². The van der Waals surface area contributed by atoms with Crippen LogP contribution in [-0.2, 0) is 24.4 Å². The fourth-order valence-corrected chi connectivity index (χ4v) is 3.50. The number of halogens is 1. The minimum atomic E-state index is 0.166. The lowest BCUT2D eigenvalue weighted by Crippen LogP contribution is -2.03. The molecule has 0 spiro atoms. The van der Waals surface area contributed by atoms with E-state index in [0.29, 0.717) is 19.6 Å². The van der Waals surface area contributed by atoms with Crippen molar-refractivity contribution in [2.75, 3.05) is 0 Å². The van der Waals surface area contributed by atoms with Crippen molar-refractivity contribution in [3.05, 3.63) is 55.7 Å². The third kappa shape index (κ3) is 2.41. The van der Waals surface area contributed by atoms with E-state index in [2.05, 4.69) is 15.9 Å². The van der Waals surface area contributed by atoms with Crippen LogP contribution in [0.2, 0.25) is 0 Å². The van der Waals surface area contributed by atoms with Crippen molar-refractivity contribution in [1.82, 2.24) is 0 Å². The highest BCUT2D eigenvalue weighted by molar-refractivity contribution is 9.10. The van der Waals surface area contributed by atoms with Crippen LogP contribution in [0.25, 0.3) is 0 Å². The fourth-order valence-electron chi connectivity index (χ4n) is 2.05. The summed E-state index contributed by atoms with van der Waals surface area (Å²) in [6.07, 6.45) is 0.468. The number of thiophene rings is 1. The van der Waals surface area contributed by atoms with E-state index in [0.717, 1.165) is 20.5 Å². The molecule has 2 aromatic rings. The van der Waals surface area contributed by atoms with E-state index >= 15 is 0 Å². The maximum Gasteiger partial charge on any atom is 0.168 e. The Bertz CT molecular complexity index is 604. The first kappa shape index (κ1) is 12.1. The molecule has 0 saturated carbocycles. The summed E-state index contributed by atoms with van der Waals surface area (Å²) in [5, 5.41) is 2.00. The Labute approximate surface area is 118 Å². The van der Waals surface area contributed by atoms with Crippen LogP contribution in [0.4, 0.5) is 0 Å². The van der Waals surface area contributed by atoms with Gasteiger partial charge in [0.15, 0.2) is 5.78 Å². The van der Waals surface area contributed by atoms with Gasteiger partial charge in [0.2, 0.25) is 0 Å². The number of hydrogen-bond acceptors (Lipinski definition) is 3. The van der Waals surface area contributed by atoms with Crippen molar-refractivity contribution in [2.45, 2.75) is 19.6 Å². The number of ether oxygens (including phenoxy) is 1. The van der Waals surface area contributed by atoms with E-state index in [9.17, 15) is 4.79 Å². The molecule has 1 aromatic carbocycles. The molecule has 1 aliphatic rings. The summed E-state index contributed by atoms with van der Waals surface area (Å²) < 4.78 is 6.40. The molecule has 1 aromatic heterocycles. The average Bonchev–Trinajstić information content (AvgIpc) is 2.96. The normalized spacial score (nSPS) is 13.6. The summed E-state index contributed by atoms with van der Waals surface area (Å²) in [5.74, 6) is 0.166. The van der Waals surface area contributed by atoms with E-state index in [1.165, 1.54) is 5.56 Å². The van der Waals surface area contributed by atoms with E-state index in [-0.39, 0.29) is 5.78 Å². The molecule has 92 valence electrons. The number of rotatable bonds is 3. The molecule has 2 nitrogen and oxygen atoms in total. The second-order valence-electron chi connectivity index (χ2n) is 4.31. The van der Waals surface area contributed by atoms with Gasteiger partial charge in [0.1, 0.15) is 0 Å². The summed E-state index contributed by atoms with van der Waals surface area (Å²) in [6, 6.07) is 7.87. The van der Waals surface area contributed by atoms with E-state index in [1.807, 2.05) is 29.6 Å². The molecule has 0 radical (unpaired) electrons. The lowest BCUT2D eigenvalue weighted by Gasteiger charge is -2.02. The molecule has 4 heteroatoms. The minimum absolute atomic E-state index is 0.166. The Morgan fingerprint density at radius 3 is 2.89 bits per heavy atom. The molecule has 0 atom stereocenters. The molecule has 0 saturated heterocycles. The van der Waals surface area contributed by atoms with Crippen LogP contribution in [0.5, 0.6) is 0 Å². The van der Waals surface area contributed by atoms with Crippen molar-refractivity contribution in [2.24, 2.45) is 0 Å². The van der Waals surface area contributed by atoms with Gasteiger partial charge >= 0.3 is 0 Å². The van der Waals surface area contributed by atoms with Crippen LogP contribution in [0.15, 0.2) is 34.1 Å². The molecule has 0 amide bonds. The van der Waals surface area contributed by atoms with Gasteiger partial charge in [-0.05, 0) is 39.2 Å². The van der Waals surface area contributed by atoms with Gasteiger partial charge in [0, 0.05) is 26.7 Å². The third-order valence-corrected chi connectivity index (χ3v) is 4.70. The first-order chi connectivity index (χ1) is 8.72. The second kappa shape index (κ2) is 4.96. The number of hydrogen-bond donors (Lipinski definition) is 0. The standard InChI is InChI=1S/C14H11BrO2S/c15-12-4-13(18-8-12)5-14(16)9-1-2-10-6-17-7-11(10)3-9/h1-4,8H,5-7H2. The Hall–Kier alpha value is -0.970. The molecule has 18 heavy (non-hydrogen) atoms. The SMILES string of the molecule is O=C(Cc1cc(Br)cs1)c1ccc2c(c1)COC2. The third-order valence-electron chi connectivity index (χ3n) is 3.00. The summed E-state index contributed by atoms with van der Waals surface area (Å²) in [5.41, 5.74) is 3.13. The quantitative estimate of drug-likeness (QED) is 0.799. The molecular formula is C14H11BrO2S. The molecule has 0 aliphatic carbocycles. The van der Waals surface area contributed by atoms with Gasteiger partial charge in [0.05, 0.1) is 13.2 Å². The molecule has 0 N–H and O–H groups in total. The van der Waals surface area contributed by atoms with Crippen LogP contribution in [0, 0.1) is 0 Å². The van der Waals surface area contributed by atoms with Gasteiger partial charge in [-0.1, -0.05) is 12.1 Å². The summed E-state index contributed by atoms with van der Waals surface area (Å²) in [6.45, 7) is 1.29. The number of fused-ring (bicyclic) bond motifs is 1. The fraction of sp³-hybridized carbons (Fsp3) is 0.214. The number of carbonyl (C=O) groups excluding carboxylic acids is 1. The van der Waals surface area contributed by atoms with E-state index < -0.39 is 0 Å². The Balaban J connectivity index is 1.80. The van der Waals surface area contributed by atoms with Gasteiger partial charge in [0.25, 0.3) is 0 Å². The monoisotopic (exact) mass is 322 g/mol. The topological polar surface area (TPSA) is 26.3 Å². The predicted octanol–water partition coefficient (Wildman–Crippen LogP) is 3.97. The second-order valence-corrected chi connectivity index (χ2v) is 6.22. The molecular weight excluding hydrogens is 312 g/mol. The van der Waals surface area contributed by atoms with Crippen molar-refractivity contribution in [1.29, 1.82) is 0 Å². The van der Waals surface area contributed by atoms with E-state index in [1.54, 1.807) is 11.3 Å². The van der Waals surface area contributed by atoms with Crippen molar-refractivity contribution in [3.63, 3.8) is 0 Å². The molecule has 0 unspecified atom stereocenters. The van der Waals surface area contributed by atoms with Crippen LogP contribution in [0.1, 0.15) is 26.4 Å². The molecule has 1 aliphatic heterocycles. The number of benzene rings is 1. The first-order valence-electron chi connectivity index (χ1n) is 5.68. The molecule has 3 rings (SSSR count). The maximum absolute atomic E-state index is 12.2. The Kier molecular flexibility index (Phi) is 3.33. The summed E-state index contributed by atoms with van der Waals surface area (Å²) >= 11 is 5.01. The van der Waals surface area contributed by atoms with Crippen molar-refractivity contribution >= 4 is 33.0 Å². The number of Topliss-reactive ketones (excluding diaryl/α,β-unsaturated/α-hetero) is 1. The molecule has 0 bridgehead atoms. The number of carbonyl (C=O) groups is 1. The highest BCUT2D eigenvalue weighted by Crippen LogP contribution is 2.24. The maximum atomic E-state index is 12.2. The smallest absolute Gasteiger partial charge is 0.168 e. The molecule has 2 heterocycles. The molecule has 0 fully saturated rings. The summed E-state index contributed by atoms with van der Waals surface area (Å²) in [7, 11) is 0. The van der Waals surface area contributed by atoms with Gasteiger partial charge in [-0.25, -0.2) is 0 Å². The highest BCUT2D eigenvalue weighted by Gasteiger charge is 2.15. The van der Waals surface area contributed by atoms with E-state index in [4.69, 9.17) is 4.74 Å². The predicted molar refractivity (Wildman–Crippen MR) is 75.0 cm³/mol. The minimum Gasteiger partial charge on any atom is -0.372 e. The van der Waals surface area contributed by atoms with Gasteiger partial charge < -0.3 is 4.74 Å². The van der Waals surface area contributed by atoms with Crippen LogP contribution >= 0.6 is 27.3 Å². The lowest BCUT2D eigenvalue weighted by atomic mass is 10.0. The average molecular weight is 323 g/mol. The zero-order chi connectivity index (χ0) is 12.5. The van der Waals surface area contributed by atoms with Crippen LogP contribution in [0.3, 0.4) is 0 Å². The van der Waals surface area contributed by atoms with Crippen LogP contribution < -0.4 is 0 Å². The largest absolute Gasteiger partial charge is 0.372 e. The van der Waals surface area contributed by atoms with Gasteiger partial charge in [-0.15, -0.1) is 11.3 Å².